The van der Waals surface area contributed by atoms with Gasteiger partial charge in [0, 0.05) is 18.4 Å². The van der Waals surface area contributed by atoms with Crippen LogP contribution in [0.5, 0.6) is 0 Å². The maximum Gasteiger partial charge on any atom is 0.254 e. The zero-order valence-corrected chi connectivity index (χ0v) is 10.8. The highest BCUT2D eigenvalue weighted by Crippen LogP contribution is 2.12. The largest absolute Gasteiger partial charge is 0.396 e. The topological polar surface area (TPSA) is 49.3 Å². The van der Waals surface area contributed by atoms with Crippen molar-refractivity contribution in [3.05, 3.63) is 35.4 Å². The van der Waals surface area contributed by atoms with E-state index in [9.17, 15) is 13.6 Å². The van der Waals surface area contributed by atoms with Gasteiger partial charge >= 0.3 is 0 Å². The molecule has 0 aliphatic rings. The van der Waals surface area contributed by atoms with E-state index < -0.39 is 17.5 Å². The van der Waals surface area contributed by atoms with E-state index >= 15 is 0 Å². The Morgan fingerprint density at radius 2 is 2.22 bits per heavy atom. The third-order valence-corrected chi connectivity index (χ3v) is 3.11. The first-order valence-electron chi connectivity index (χ1n) is 5.44. The van der Waals surface area contributed by atoms with E-state index in [0.29, 0.717) is 12.2 Å². The fraction of sp³-hybridized carbons (Fsp3) is 0.417. The normalized spacial score (nSPS) is 12.2. The minimum absolute atomic E-state index is 0.0723. The molecule has 0 radical (unpaired) electrons. The molecule has 0 saturated heterocycles. The first kappa shape index (κ1) is 14.9. The quantitative estimate of drug-likeness (QED) is 0.832. The molecule has 2 N–H and O–H groups in total. The van der Waals surface area contributed by atoms with Crippen LogP contribution in [0.4, 0.5) is 8.78 Å². The van der Waals surface area contributed by atoms with Crippen LogP contribution in [0, 0.1) is 11.6 Å². The number of carbonyl (C=O) groups is 1. The van der Waals surface area contributed by atoms with Gasteiger partial charge in [-0.2, -0.15) is 11.8 Å². The van der Waals surface area contributed by atoms with Crippen LogP contribution in [0.3, 0.4) is 0 Å². The second-order valence-corrected chi connectivity index (χ2v) is 4.65. The molecule has 0 aromatic heterocycles. The molecule has 6 heteroatoms. The highest BCUT2D eigenvalue weighted by molar-refractivity contribution is 7.98. The summed E-state index contributed by atoms with van der Waals surface area (Å²) in [7, 11) is 0. The Balaban J connectivity index is 2.77. The Hall–Kier alpha value is -1.14. The van der Waals surface area contributed by atoms with Crippen molar-refractivity contribution < 1.29 is 18.7 Å². The number of nitrogens with one attached hydrogen (secondary N) is 1. The van der Waals surface area contributed by atoms with Crippen LogP contribution >= 0.6 is 11.8 Å². The molecule has 0 saturated carbocycles. The van der Waals surface area contributed by atoms with Gasteiger partial charge in [-0.05, 0) is 24.8 Å². The monoisotopic (exact) mass is 275 g/mol. The molecule has 3 nitrogen and oxygen atoms in total. The fourth-order valence-corrected chi connectivity index (χ4v) is 2.15. The van der Waals surface area contributed by atoms with Gasteiger partial charge in [0.2, 0.25) is 0 Å². The second-order valence-electron chi connectivity index (χ2n) is 3.74. The SMILES string of the molecule is CSCC(CCO)NC(=O)c1cccc(F)c1F. The Morgan fingerprint density at radius 3 is 2.83 bits per heavy atom. The summed E-state index contributed by atoms with van der Waals surface area (Å²) in [6, 6.07) is 3.20. The summed E-state index contributed by atoms with van der Waals surface area (Å²) in [5, 5.41) is 11.4. The van der Waals surface area contributed by atoms with E-state index in [2.05, 4.69) is 5.32 Å². The van der Waals surface area contributed by atoms with Gasteiger partial charge in [-0.1, -0.05) is 6.07 Å². The van der Waals surface area contributed by atoms with Gasteiger partial charge in [-0.15, -0.1) is 0 Å². The molecular weight excluding hydrogens is 260 g/mol. The number of benzene rings is 1. The lowest BCUT2D eigenvalue weighted by Crippen LogP contribution is -2.37. The molecule has 0 aliphatic heterocycles. The Labute approximate surface area is 109 Å². The van der Waals surface area contributed by atoms with Crippen LogP contribution < -0.4 is 5.32 Å². The molecule has 1 amide bonds. The van der Waals surface area contributed by atoms with Crippen LogP contribution in [0.1, 0.15) is 16.8 Å². The van der Waals surface area contributed by atoms with Crippen molar-refractivity contribution in [3.8, 4) is 0 Å². The number of thioether (sulfide) groups is 1. The predicted molar refractivity (Wildman–Crippen MR) is 67.7 cm³/mol. The molecule has 1 unspecified atom stereocenters. The molecule has 0 heterocycles. The maximum atomic E-state index is 13.4. The summed E-state index contributed by atoms with van der Waals surface area (Å²) in [5.41, 5.74) is -0.320. The van der Waals surface area contributed by atoms with Gasteiger partial charge in [0.15, 0.2) is 11.6 Å². The lowest BCUT2D eigenvalue weighted by Gasteiger charge is -2.16. The van der Waals surface area contributed by atoms with Crippen LogP contribution in [0.15, 0.2) is 18.2 Å². The van der Waals surface area contributed by atoms with E-state index in [4.69, 9.17) is 5.11 Å². The number of amides is 1. The number of aliphatic hydroxyl groups is 1. The Morgan fingerprint density at radius 1 is 1.50 bits per heavy atom. The predicted octanol–water partition coefficient (Wildman–Crippen LogP) is 1.81. The van der Waals surface area contributed by atoms with Crippen molar-refractivity contribution in [1.82, 2.24) is 5.32 Å². The summed E-state index contributed by atoms with van der Waals surface area (Å²) in [5.74, 6) is -2.27. The maximum absolute atomic E-state index is 13.4. The van der Waals surface area contributed by atoms with Gasteiger partial charge in [0.1, 0.15) is 0 Å². The molecule has 0 bridgehead atoms. The first-order valence-corrected chi connectivity index (χ1v) is 6.84. The van der Waals surface area contributed by atoms with E-state index in [0.717, 1.165) is 6.07 Å². The lowest BCUT2D eigenvalue weighted by molar-refractivity contribution is 0.0930. The average molecular weight is 275 g/mol. The van der Waals surface area contributed by atoms with Crippen LogP contribution in [-0.4, -0.2) is 35.7 Å². The van der Waals surface area contributed by atoms with Crippen molar-refractivity contribution in [1.29, 1.82) is 0 Å². The molecule has 1 rings (SSSR count). The number of halogens is 2. The van der Waals surface area contributed by atoms with Gasteiger partial charge in [-0.3, -0.25) is 4.79 Å². The smallest absolute Gasteiger partial charge is 0.254 e. The van der Waals surface area contributed by atoms with Crippen molar-refractivity contribution in [2.45, 2.75) is 12.5 Å². The van der Waals surface area contributed by atoms with Crippen molar-refractivity contribution in [3.63, 3.8) is 0 Å². The lowest BCUT2D eigenvalue weighted by atomic mass is 10.1. The van der Waals surface area contributed by atoms with Crippen LogP contribution in [0.2, 0.25) is 0 Å². The van der Waals surface area contributed by atoms with E-state index in [1.54, 1.807) is 0 Å². The summed E-state index contributed by atoms with van der Waals surface area (Å²) < 4.78 is 26.4. The molecule has 0 aliphatic carbocycles. The minimum Gasteiger partial charge on any atom is -0.396 e. The third kappa shape index (κ3) is 3.96. The summed E-state index contributed by atoms with van der Waals surface area (Å²) in [4.78, 5) is 11.8. The first-order chi connectivity index (χ1) is 8.60. The molecule has 1 aromatic carbocycles. The molecular formula is C12H15F2NO2S. The van der Waals surface area contributed by atoms with Gasteiger partial charge in [-0.25, -0.2) is 8.78 Å². The summed E-state index contributed by atoms with van der Waals surface area (Å²) in [6.45, 7) is -0.0723. The second kappa shape index (κ2) is 7.33. The number of hydrogen-bond donors (Lipinski definition) is 2. The van der Waals surface area contributed by atoms with E-state index in [-0.39, 0.29) is 18.2 Å². The standard InChI is InChI=1S/C12H15F2NO2S/c1-18-7-8(5-6-16)15-12(17)9-3-2-4-10(13)11(9)14/h2-4,8,16H,5-7H2,1H3,(H,15,17). The molecule has 0 fully saturated rings. The number of aliphatic hydroxyl groups excluding tert-OH is 1. The van der Waals surface area contributed by atoms with Crippen molar-refractivity contribution in [2.24, 2.45) is 0 Å². The fourth-order valence-electron chi connectivity index (χ4n) is 1.50. The van der Waals surface area contributed by atoms with Crippen LogP contribution in [-0.2, 0) is 0 Å². The zero-order valence-electron chi connectivity index (χ0n) is 9.95. The molecule has 100 valence electrons. The summed E-state index contributed by atoms with van der Waals surface area (Å²) >= 11 is 1.50. The molecule has 0 spiro atoms. The minimum atomic E-state index is -1.15. The van der Waals surface area contributed by atoms with E-state index in [1.165, 1.54) is 23.9 Å². The highest BCUT2D eigenvalue weighted by atomic mass is 32.2. The van der Waals surface area contributed by atoms with Gasteiger partial charge in [0.05, 0.1) is 5.56 Å². The number of carbonyl (C=O) groups excluding carboxylic acids is 1. The molecule has 18 heavy (non-hydrogen) atoms. The molecule has 1 atom stereocenters. The zero-order chi connectivity index (χ0) is 13.5. The van der Waals surface area contributed by atoms with Gasteiger partial charge < -0.3 is 10.4 Å². The number of hydrogen-bond acceptors (Lipinski definition) is 3. The van der Waals surface area contributed by atoms with Crippen molar-refractivity contribution >= 4 is 17.7 Å². The molecule has 1 aromatic rings. The third-order valence-electron chi connectivity index (χ3n) is 2.38. The average Bonchev–Trinajstić information content (AvgIpc) is 2.33. The van der Waals surface area contributed by atoms with Gasteiger partial charge in [0.25, 0.3) is 5.91 Å². The Kier molecular flexibility index (Phi) is 6.07. The van der Waals surface area contributed by atoms with Crippen molar-refractivity contribution in [2.75, 3.05) is 18.6 Å². The Bertz CT molecular complexity index is 409. The summed E-state index contributed by atoms with van der Waals surface area (Å²) in [6.07, 6.45) is 2.24. The van der Waals surface area contributed by atoms with E-state index in [1.807, 2.05) is 6.26 Å². The number of rotatable bonds is 6. The van der Waals surface area contributed by atoms with Crippen LogP contribution in [0.25, 0.3) is 0 Å². The highest BCUT2D eigenvalue weighted by Gasteiger charge is 2.18.